The molecule has 1 heterocycles. The standard InChI is InChI=1S/C18H28N2/c1-2-7-16(8-3-1)11-12-19-17-9-6-10-18(15-17)20-13-4-5-14-20/h6,9-10,15-16,19H,1-5,7-8,11-14H2. The highest BCUT2D eigenvalue weighted by molar-refractivity contribution is 5.58. The number of hydrogen-bond acceptors (Lipinski definition) is 2. The number of benzene rings is 1. The van der Waals surface area contributed by atoms with Gasteiger partial charge in [0, 0.05) is 31.0 Å². The Labute approximate surface area is 123 Å². The quantitative estimate of drug-likeness (QED) is 0.838. The maximum Gasteiger partial charge on any atom is 0.0386 e. The molecule has 20 heavy (non-hydrogen) atoms. The molecule has 0 aromatic heterocycles. The van der Waals surface area contributed by atoms with Crippen LogP contribution in [0, 0.1) is 5.92 Å². The molecule has 3 rings (SSSR count). The van der Waals surface area contributed by atoms with Crippen LogP contribution in [0.3, 0.4) is 0 Å². The van der Waals surface area contributed by atoms with Crippen LogP contribution >= 0.6 is 0 Å². The van der Waals surface area contributed by atoms with Crippen molar-refractivity contribution in [3.8, 4) is 0 Å². The van der Waals surface area contributed by atoms with E-state index in [-0.39, 0.29) is 0 Å². The number of anilines is 2. The molecular weight excluding hydrogens is 244 g/mol. The zero-order valence-corrected chi connectivity index (χ0v) is 12.6. The second-order valence-electron chi connectivity index (χ2n) is 6.46. The van der Waals surface area contributed by atoms with E-state index in [1.807, 2.05) is 0 Å². The van der Waals surface area contributed by atoms with E-state index in [9.17, 15) is 0 Å². The van der Waals surface area contributed by atoms with Crippen molar-refractivity contribution >= 4 is 11.4 Å². The van der Waals surface area contributed by atoms with Gasteiger partial charge < -0.3 is 10.2 Å². The Bertz CT molecular complexity index is 404. The summed E-state index contributed by atoms with van der Waals surface area (Å²) in [5.41, 5.74) is 2.69. The van der Waals surface area contributed by atoms with Gasteiger partial charge in [-0.05, 0) is 43.4 Å². The van der Waals surface area contributed by atoms with Crippen molar-refractivity contribution in [1.29, 1.82) is 0 Å². The summed E-state index contributed by atoms with van der Waals surface area (Å²) in [5, 5.41) is 3.63. The fourth-order valence-electron chi connectivity index (χ4n) is 3.68. The van der Waals surface area contributed by atoms with E-state index in [2.05, 4.69) is 34.5 Å². The lowest BCUT2D eigenvalue weighted by molar-refractivity contribution is 0.345. The van der Waals surface area contributed by atoms with E-state index in [0.717, 1.165) is 12.5 Å². The van der Waals surface area contributed by atoms with E-state index in [4.69, 9.17) is 0 Å². The van der Waals surface area contributed by atoms with E-state index < -0.39 is 0 Å². The molecule has 1 aliphatic heterocycles. The zero-order chi connectivity index (χ0) is 13.6. The van der Waals surface area contributed by atoms with E-state index >= 15 is 0 Å². The molecule has 0 unspecified atom stereocenters. The third-order valence-corrected chi connectivity index (χ3v) is 4.92. The second kappa shape index (κ2) is 7.01. The van der Waals surface area contributed by atoms with Gasteiger partial charge in [-0.25, -0.2) is 0 Å². The van der Waals surface area contributed by atoms with Crippen molar-refractivity contribution in [2.45, 2.75) is 51.4 Å². The van der Waals surface area contributed by atoms with Gasteiger partial charge >= 0.3 is 0 Å². The number of nitrogens with one attached hydrogen (secondary N) is 1. The largest absolute Gasteiger partial charge is 0.385 e. The minimum Gasteiger partial charge on any atom is -0.385 e. The lowest BCUT2D eigenvalue weighted by Gasteiger charge is -2.22. The minimum atomic E-state index is 0.970. The summed E-state index contributed by atoms with van der Waals surface area (Å²) in [4.78, 5) is 2.51. The summed E-state index contributed by atoms with van der Waals surface area (Å²) in [7, 11) is 0. The highest BCUT2D eigenvalue weighted by atomic mass is 15.1. The van der Waals surface area contributed by atoms with E-state index in [1.54, 1.807) is 0 Å². The van der Waals surface area contributed by atoms with Gasteiger partial charge in [-0.15, -0.1) is 0 Å². The van der Waals surface area contributed by atoms with Crippen LogP contribution in [-0.4, -0.2) is 19.6 Å². The van der Waals surface area contributed by atoms with Crippen molar-refractivity contribution in [2.24, 2.45) is 5.92 Å². The molecule has 1 aromatic rings. The van der Waals surface area contributed by atoms with Crippen molar-refractivity contribution in [1.82, 2.24) is 0 Å². The molecule has 0 amide bonds. The summed E-state index contributed by atoms with van der Waals surface area (Å²) in [5.74, 6) is 0.970. The molecule has 1 saturated carbocycles. The molecule has 110 valence electrons. The van der Waals surface area contributed by atoms with Gasteiger partial charge in [0.25, 0.3) is 0 Å². The van der Waals surface area contributed by atoms with Crippen LogP contribution in [0.25, 0.3) is 0 Å². The average Bonchev–Trinajstić information content (AvgIpc) is 3.03. The monoisotopic (exact) mass is 272 g/mol. The summed E-state index contributed by atoms with van der Waals surface area (Å²) >= 11 is 0. The molecule has 0 bridgehead atoms. The van der Waals surface area contributed by atoms with Gasteiger partial charge in [0.05, 0.1) is 0 Å². The van der Waals surface area contributed by atoms with E-state index in [1.165, 1.54) is 75.8 Å². The van der Waals surface area contributed by atoms with Crippen LogP contribution in [0.15, 0.2) is 24.3 Å². The summed E-state index contributed by atoms with van der Waals surface area (Å²) in [6.07, 6.45) is 11.3. The average molecular weight is 272 g/mol. The van der Waals surface area contributed by atoms with Crippen LogP contribution in [0.5, 0.6) is 0 Å². The Balaban J connectivity index is 1.48. The third-order valence-electron chi connectivity index (χ3n) is 4.92. The number of hydrogen-bond donors (Lipinski definition) is 1. The van der Waals surface area contributed by atoms with Crippen molar-refractivity contribution in [3.63, 3.8) is 0 Å². The molecule has 2 nitrogen and oxygen atoms in total. The van der Waals surface area contributed by atoms with Gasteiger partial charge in [0.2, 0.25) is 0 Å². The number of rotatable bonds is 5. The lowest BCUT2D eigenvalue weighted by Crippen LogP contribution is -2.17. The van der Waals surface area contributed by atoms with Crippen molar-refractivity contribution in [2.75, 3.05) is 29.9 Å². The molecule has 1 aliphatic carbocycles. The predicted molar refractivity (Wildman–Crippen MR) is 87.6 cm³/mol. The highest BCUT2D eigenvalue weighted by Crippen LogP contribution is 2.27. The first-order valence-corrected chi connectivity index (χ1v) is 8.51. The van der Waals surface area contributed by atoms with Gasteiger partial charge in [-0.3, -0.25) is 0 Å². The third kappa shape index (κ3) is 3.68. The Hall–Kier alpha value is -1.18. The summed E-state index contributed by atoms with van der Waals surface area (Å²) in [6.45, 7) is 3.59. The first kappa shape index (κ1) is 13.8. The molecule has 2 heteroatoms. The van der Waals surface area contributed by atoms with Crippen LogP contribution in [0.2, 0.25) is 0 Å². The second-order valence-corrected chi connectivity index (χ2v) is 6.46. The smallest absolute Gasteiger partial charge is 0.0386 e. The molecule has 0 radical (unpaired) electrons. The number of nitrogens with zero attached hydrogens (tertiary/aromatic N) is 1. The first-order chi connectivity index (χ1) is 9.92. The van der Waals surface area contributed by atoms with Crippen LogP contribution in [0.1, 0.15) is 51.4 Å². The molecule has 0 spiro atoms. The molecule has 1 N–H and O–H groups in total. The highest BCUT2D eigenvalue weighted by Gasteiger charge is 2.14. The topological polar surface area (TPSA) is 15.3 Å². The zero-order valence-electron chi connectivity index (χ0n) is 12.6. The van der Waals surface area contributed by atoms with Crippen molar-refractivity contribution < 1.29 is 0 Å². The fraction of sp³-hybridized carbons (Fsp3) is 0.667. The van der Waals surface area contributed by atoms with Crippen LogP contribution < -0.4 is 10.2 Å². The molecular formula is C18H28N2. The molecule has 0 atom stereocenters. The van der Waals surface area contributed by atoms with Crippen LogP contribution in [0.4, 0.5) is 11.4 Å². The van der Waals surface area contributed by atoms with E-state index in [0.29, 0.717) is 0 Å². The summed E-state index contributed by atoms with van der Waals surface area (Å²) < 4.78 is 0. The molecule has 1 saturated heterocycles. The Morgan fingerprint density at radius 2 is 1.80 bits per heavy atom. The van der Waals surface area contributed by atoms with Gasteiger partial charge in [0.1, 0.15) is 0 Å². The fourth-order valence-corrected chi connectivity index (χ4v) is 3.68. The SMILES string of the molecule is c1cc(NCCC2CCCCC2)cc(N2CCCC2)c1. The summed E-state index contributed by atoms with van der Waals surface area (Å²) in [6, 6.07) is 8.97. The van der Waals surface area contributed by atoms with Crippen LogP contribution in [-0.2, 0) is 0 Å². The predicted octanol–water partition coefficient (Wildman–Crippen LogP) is 4.67. The normalized spacial score (nSPS) is 20.3. The Morgan fingerprint density at radius 1 is 1.00 bits per heavy atom. The molecule has 2 aliphatic rings. The lowest BCUT2D eigenvalue weighted by atomic mass is 9.87. The van der Waals surface area contributed by atoms with Gasteiger partial charge in [-0.1, -0.05) is 38.2 Å². The van der Waals surface area contributed by atoms with Gasteiger partial charge in [-0.2, -0.15) is 0 Å². The minimum absolute atomic E-state index is 0.970. The molecule has 1 aromatic carbocycles. The maximum atomic E-state index is 3.63. The van der Waals surface area contributed by atoms with Crippen molar-refractivity contribution in [3.05, 3.63) is 24.3 Å². The maximum absolute atomic E-state index is 3.63. The Kier molecular flexibility index (Phi) is 4.83. The first-order valence-electron chi connectivity index (χ1n) is 8.51. The molecule has 2 fully saturated rings. The Morgan fingerprint density at radius 3 is 2.60 bits per heavy atom. The van der Waals surface area contributed by atoms with Gasteiger partial charge in [0.15, 0.2) is 0 Å².